The first-order valence-electron chi connectivity index (χ1n) is 8.05. The van der Waals surface area contributed by atoms with Crippen molar-refractivity contribution in [3.05, 3.63) is 35.4 Å². The molecule has 1 aliphatic rings. The number of likely N-dealkylation sites (N-methyl/N-ethyl adjacent to an activating group) is 1. The number of aryl methyl sites for hydroxylation is 1. The zero-order valence-corrected chi connectivity index (χ0v) is 13.6. The Bertz CT molecular complexity index is 496. The molecule has 0 radical (unpaired) electrons. The molecule has 0 aromatic heterocycles. The Balaban J connectivity index is 2.19. The summed E-state index contributed by atoms with van der Waals surface area (Å²) in [6.45, 7) is 8.38. The van der Waals surface area contributed by atoms with E-state index in [0.29, 0.717) is 6.54 Å². The molecule has 1 aliphatic carbocycles. The van der Waals surface area contributed by atoms with Gasteiger partial charge in [0, 0.05) is 13.1 Å². The number of rotatable bonds is 5. The summed E-state index contributed by atoms with van der Waals surface area (Å²) in [7, 11) is 0. The number of hydrogen-bond donors (Lipinski definition) is 1. The number of benzene rings is 1. The van der Waals surface area contributed by atoms with E-state index >= 15 is 0 Å². The Morgan fingerprint density at radius 2 is 2.10 bits per heavy atom. The predicted octanol–water partition coefficient (Wildman–Crippen LogP) is 2.94. The molecule has 1 unspecified atom stereocenters. The molecule has 0 bridgehead atoms. The monoisotopic (exact) mass is 288 g/mol. The first kappa shape index (κ1) is 16.0. The van der Waals surface area contributed by atoms with E-state index in [-0.39, 0.29) is 17.2 Å². The lowest BCUT2D eigenvalue weighted by Crippen LogP contribution is -2.44. The second-order valence-corrected chi connectivity index (χ2v) is 6.86. The minimum absolute atomic E-state index is 0.0279. The lowest BCUT2D eigenvalue weighted by atomic mass is 9.81. The van der Waals surface area contributed by atoms with Crippen LogP contribution >= 0.6 is 0 Å². The van der Waals surface area contributed by atoms with Crippen LogP contribution in [-0.2, 0) is 11.2 Å². The van der Waals surface area contributed by atoms with Gasteiger partial charge in [0.2, 0.25) is 5.91 Å². The van der Waals surface area contributed by atoms with E-state index < -0.39 is 0 Å². The number of amides is 1. The zero-order chi connectivity index (χ0) is 15.5. The Labute approximate surface area is 128 Å². The first-order valence-corrected chi connectivity index (χ1v) is 8.05. The van der Waals surface area contributed by atoms with Gasteiger partial charge in [-0.3, -0.25) is 4.79 Å². The highest BCUT2D eigenvalue weighted by Gasteiger charge is 2.31. The average molecular weight is 288 g/mol. The van der Waals surface area contributed by atoms with E-state index in [9.17, 15) is 4.79 Å². The number of fused-ring (bicyclic) bond motifs is 1. The van der Waals surface area contributed by atoms with Crippen LogP contribution in [0.4, 0.5) is 0 Å². The minimum atomic E-state index is -0.0279. The summed E-state index contributed by atoms with van der Waals surface area (Å²) >= 11 is 0. The van der Waals surface area contributed by atoms with Gasteiger partial charge in [-0.1, -0.05) is 38.1 Å². The van der Waals surface area contributed by atoms with Crippen LogP contribution in [0.5, 0.6) is 0 Å². The van der Waals surface area contributed by atoms with Crippen molar-refractivity contribution in [2.45, 2.75) is 46.0 Å². The summed E-state index contributed by atoms with van der Waals surface area (Å²) in [6, 6.07) is 8.40. The van der Waals surface area contributed by atoms with E-state index in [1.165, 1.54) is 11.1 Å². The molecule has 0 saturated carbocycles. The van der Waals surface area contributed by atoms with Crippen molar-refractivity contribution in [3.63, 3.8) is 0 Å². The minimum Gasteiger partial charge on any atom is -0.342 e. The molecule has 3 heteroatoms. The number of nitrogens with two attached hydrogens (primary N) is 1. The highest BCUT2D eigenvalue weighted by Crippen LogP contribution is 2.33. The summed E-state index contributed by atoms with van der Waals surface area (Å²) in [5, 5.41) is 0. The Morgan fingerprint density at radius 1 is 1.38 bits per heavy atom. The second kappa shape index (κ2) is 6.61. The van der Waals surface area contributed by atoms with Crippen LogP contribution < -0.4 is 5.73 Å². The lowest BCUT2D eigenvalue weighted by molar-refractivity contribution is -0.134. The van der Waals surface area contributed by atoms with Gasteiger partial charge in [0.25, 0.3) is 0 Å². The van der Waals surface area contributed by atoms with Crippen molar-refractivity contribution in [3.8, 4) is 0 Å². The van der Waals surface area contributed by atoms with Crippen molar-refractivity contribution in [2.75, 3.05) is 19.6 Å². The molecule has 116 valence electrons. The van der Waals surface area contributed by atoms with Gasteiger partial charge in [-0.15, -0.1) is 0 Å². The third kappa shape index (κ3) is 3.65. The fourth-order valence-corrected chi connectivity index (χ4v) is 3.16. The van der Waals surface area contributed by atoms with Gasteiger partial charge in [-0.05, 0) is 49.3 Å². The smallest absolute Gasteiger partial charge is 0.230 e. The summed E-state index contributed by atoms with van der Waals surface area (Å²) in [5.74, 6) is 0.301. The molecule has 2 rings (SSSR count). The molecule has 0 aliphatic heterocycles. The Hall–Kier alpha value is -1.35. The Kier molecular flexibility index (Phi) is 5.04. The maximum atomic E-state index is 13.0. The van der Waals surface area contributed by atoms with Crippen LogP contribution in [-0.4, -0.2) is 30.4 Å². The van der Waals surface area contributed by atoms with Gasteiger partial charge >= 0.3 is 0 Å². The van der Waals surface area contributed by atoms with Crippen LogP contribution in [0.25, 0.3) is 0 Å². The summed E-state index contributed by atoms with van der Waals surface area (Å²) < 4.78 is 0. The molecule has 2 N–H and O–H groups in total. The van der Waals surface area contributed by atoms with Crippen molar-refractivity contribution in [1.29, 1.82) is 0 Å². The molecule has 1 atom stereocenters. The molecule has 0 saturated heterocycles. The van der Waals surface area contributed by atoms with E-state index in [1.54, 1.807) is 0 Å². The topological polar surface area (TPSA) is 46.3 Å². The van der Waals surface area contributed by atoms with Gasteiger partial charge in [-0.25, -0.2) is 0 Å². The number of carbonyl (C=O) groups is 1. The highest BCUT2D eigenvalue weighted by atomic mass is 16.2. The average Bonchev–Trinajstić information content (AvgIpc) is 2.51. The second-order valence-electron chi connectivity index (χ2n) is 6.86. The molecule has 1 amide bonds. The van der Waals surface area contributed by atoms with Gasteiger partial charge in [-0.2, -0.15) is 0 Å². The molecule has 0 fully saturated rings. The number of nitrogens with zero attached hydrogens (tertiary/aromatic N) is 1. The van der Waals surface area contributed by atoms with E-state index in [0.717, 1.165) is 32.4 Å². The van der Waals surface area contributed by atoms with E-state index in [4.69, 9.17) is 5.73 Å². The maximum absolute atomic E-state index is 13.0. The summed E-state index contributed by atoms with van der Waals surface area (Å²) in [6.07, 6.45) is 3.17. The summed E-state index contributed by atoms with van der Waals surface area (Å²) in [4.78, 5) is 15.0. The van der Waals surface area contributed by atoms with Crippen LogP contribution in [0.3, 0.4) is 0 Å². The third-order valence-corrected chi connectivity index (χ3v) is 4.53. The maximum Gasteiger partial charge on any atom is 0.230 e. The Morgan fingerprint density at radius 3 is 2.76 bits per heavy atom. The van der Waals surface area contributed by atoms with E-state index in [1.807, 2.05) is 11.0 Å². The lowest BCUT2D eigenvalue weighted by Gasteiger charge is -2.35. The van der Waals surface area contributed by atoms with Gasteiger partial charge < -0.3 is 10.6 Å². The molecule has 21 heavy (non-hydrogen) atoms. The largest absolute Gasteiger partial charge is 0.342 e. The quantitative estimate of drug-likeness (QED) is 0.905. The fourth-order valence-electron chi connectivity index (χ4n) is 3.16. The third-order valence-electron chi connectivity index (χ3n) is 4.53. The molecular weight excluding hydrogens is 260 g/mol. The normalized spacial score (nSPS) is 18.2. The molecule has 1 aromatic rings. The number of carbonyl (C=O) groups excluding carboxylic acids is 1. The highest BCUT2D eigenvalue weighted by molar-refractivity contribution is 5.84. The molecular formula is C18H28N2O. The first-order chi connectivity index (χ1) is 9.98. The van der Waals surface area contributed by atoms with Crippen LogP contribution in [0, 0.1) is 5.41 Å². The zero-order valence-electron chi connectivity index (χ0n) is 13.6. The van der Waals surface area contributed by atoms with E-state index in [2.05, 4.69) is 39.0 Å². The van der Waals surface area contributed by atoms with Crippen LogP contribution in [0.2, 0.25) is 0 Å². The summed E-state index contributed by atoms with van der Waals surface area (Å²) in [5.41, 5.74) is 8.38. The standard InChI is InChI=1S/C18H28N2O/c1-4-20(13-18(2,3)12-19)17(21)16-11-7-9-14-8-5-6-10-15(14)16/h5-6,8,10,16H,4,7,9,11-13,19H2,1-3H3. The van der Waals surface area contributed by atoms with Gasteiger partial charge in [0.15, 0.2) is 0 Å². The van der Waals surface area contributed by atoms with Crippen molar-refractivity contribution >= 4 is 5.91 Å². The SMILES string of the molecule is CCN(CC(C)(C)CN)C(=O)C1CCCc2ccccc21. The molecule has 1 aromatic carbocycles. The van der Waals surface area contributed by atoms with Crippen molar-refractivity contribution < 1.29 is 4.79 Å². The molecule has 0 spiro atoms. The molecule has 0 heterocycles. The fraction of sp³-hybridized carbons (Fsp3) is 0.611. The van der Waals surface area contributed by atoms with Crippen LogP contribution in [0.15, 0.2) is 24.3 Å². The van der Waals surface area contributed by atoms with Gasteiger partial charge in [0.1, 0.15) is 0 Å². The van der Waals surface area contributed by atoms with Crippen molar-refractivity contribution in [2.24, 2.45) is 11.1 Å². The number of hydrogen-bond acceptors (Lipinski definition) is 2. The van der Waals surface area contributed by atoms with Crippen LogP contribution in [0.1, 0.15) is 50.7 Å². The van der Waals surface area contributed by atoms with Crippen molar-refractivity contribution in [1.82, 2.24) is 4.90 Å². The predicted molar refractivity (Wildman–Crippen MR) is 87.2 cm³/mol. The van der Waals surface area contributed by atoms with Gasteiger partial charge in [0.05, 0.1) is 5.92 Å². The molecule has 3 nitrogen and oxygen atoms in total.